The number of nitro benzene ring substituents is 1. The second-order valence-electron chi connectivity index (χ2n) is 3.58. The van der Waals surface area contributed by atoms with Gasteiger partial charge in [-0.1, -0.05) is 31.9 Å². The van der Waals surface area contributed by atoms with E-state index in [-0.39, 0.29) is 17.2 Å². The molecule has 0 heterocycles. The summed E-state index contributed by atoms with van der Waals surface area (Å²) in [5.41, 5.74) is -0.191. The van der Waals surface area contributed by atoms with Crippen molar-refractivity contribution >= 4 is 37.5 Å². The van der Waals surface area contributed by atoms with Gasteiger partial charge in [0.1, 0.15) is 11.6 Å². The van der Waals surface area contributed by atoms with E-state index >= 15 is 0 Å². The number of benzene rings is 2. The summed E-state index contributed by atoms with van der Waals surface area (Å²) < 4.78 is 19.7. The van der Waals surface area contributed by atoms with Gasteiger partial charge >= 0.3 is 5.69 Å². The van der Waals surface area contributed by atoms with Crippen molar-refractivity contribution in [1.82, 2.24) is 0 Å². The highest BCUT2D eigenvalue weighted by atomic mass is 79.9. The molecule has 0 aromatic heterocycles. The first-order chi connectivity index (χ1) is 8.95. The van der Waals surface area contributed by atoms with E-state index in [1.54, 1.807) is 0 Å². The molecule has 0 spiro atoms. The third-order valence-electron chi connectivity index (χ3n) is 2.18. The Balaban J connectivity index is 2.42. The predicted molar refractivity (Wildman–Crippen MR) is 75.0 cm³/mol. The molecule has 4 nitrogen and oxygen atoms in total. The molecule has 2 aromatic carbocycles. The Morgan fingerprint density at radius 3 is 2.47 bits per heavy atom. The highest BCUT2D eigenvalue weighted by Gasteiger charge is 2.16. The Kier molecular flexibility index (Phi) is 4.16. The van der Waals surface area contributed by atoms with Crippen LogP contribution in [-0.2, 0) is 0 Å². The Morgan fingerprint density at radius 2 is 1.84 bits per heavy atom. The Morgan fingerprint density at radius 1 is 1.11 bits per heavy atom. The Labute approximate surface area is 124 Å². The lowest BCUT2D eigenvalue weighted by molar-refractivity contribution is -0.385. The maximum absolute atomic E-state index is 13.2. The van der Waals surface area contributed by atoms with Crippen LogP contribution in [0.3, 0.4) is 0 Å². The van der Waals surface area contributed by atoms with Gasteiger partial charge in [0.2, 0.25) is 5.75 Å². The SMILES string of the molecule is O=[N+]([O-])c1ccc(Br)cc1Oc1cc(F)cc(Br)c1. The maximum atomic E-state index is 13.2. The lowest BCUT2D eigenvalue weighted by Crippen LogP contribution is -1.93. The van der Waals surface area contributed by atoms with E-state index in [1.165, 1.54) is 30.3 Å². The van der Waals surface area contributed by atoms with Crippen LogP contribution in [0.15, 0.2) is 45.3 Å². The van der Waals surface area contributed by atoms with E-state index in [4.69, 9.17) is 4.74 Å². The van der Waals surface area contributed by atoms with Gasteiger partial charge in [-0.2, -0.15) is 0 Å². The van der Waals surface area contributed by atoms with Crippen LogP contribution in [0.4, 0.5) is 10.1 Å². The van der Waals surface area contributed by atoms with Crippen molar-refractivity contribution < 1.29 is 14.1 Å². The summed E-state index contributed by atoms with van der Waals surface area (Å²) in [5, 5.41) is 10.9. The molecule has 0 aliphatic carbocycles. The van der Waals surface area contributed by atoms with Gasteiger partial charge in [-0.3, -0.25) is 10.1 Å². The molecule has 0 unspecified atom stereocenters. The predicted octanol–water partition coefficient (Wildman–Crippen LogP) is 5.05. The van der Waals surface area contributed by atoms with E-state index in [1.807, 2.05) is 0 Å². The summed E-state index contributed by atoms with van der Waals surface area (Å²) >= 11 is 6.33. The quantitative estimate of drug-likeness (QED) is 0.544. The number of halogens is 3. The smallest absolute Gasteiger partial charge is 0.311 e. The molecule has 19 heavy (non-hydrogen) atoms. The number of nitrogens with zero attached hydrogens (tertiary/aromatic N) is 1. The zero-order chi connectivity index (χ0) is 14.0. The fourth-order valence-electron chi connectivity index (χ4n) is 1.43. The normalized spacial score (nSPS) is 10.3. The van der Waals surface area contributed by atoms with E-state index in [0.29, 0.717) is 8.95 Å². The maximum Gasteiger partial charge on any atom is 0.311 e. The summed E-state index contributed by atoms with van der Waals surface area (Å²) in [6.45, 7) is 0. The van der Waals surface area contributed by atoms with E-state index in [0.717, 1.165) is 6.07 Å². The summed E-state index contributed by atoms with van der Waals surface area (Å²) in [6.07, 6.45) is 0. The first kappa shape index (κ1) is 14.0. The van der Waals surface area contributed by atoms with Crippen LogP contribution < -0.4 is 4.74 Å². The van der Waals surface area contributed by atoms with Crippen molar-refractivity contribution in [2.75, 3.05) is 0 Å². The zero-order valence-corrected chi connectivity index (χ0v) is 12.4. The zero-order valence-electron chi connectivity index (χ0n) is 9.27. The van der Waals surface area contributed by atoms with Gasteiger partial charge in [-0.25, -0.2) is 4.39 Å². The lowest BCUT2D eigenvalue weighted by Gasteiger charge is -2.07. The lowest BCUT2D eigenvalue weighted by atomic mass is 10.3. The number of rotatable bonds is 3. The minimum atomic E-state index is -0.559. The molecule has 0 fully saturated rings. The topological polar surface area (TPSA) is 52.4 Å². The van der Waals surface area contributed by atoms with Gasteiger partial charge in [0.05, 0.1) is 4.92 Å². The first-order valence-electron chi connectivity index (χ1n) is 5.03. The third-order valence-corrected chi connectivity index (χ3v) is 3.13. The van der Waals surface area contributed by atoms with Gasteiger partial charge in [-0.05, 0) is 18.2 Å². The van der Waals surface area contributed by atoms with Gasteiger partial charge in [0.15, 0.2) is 0 Å². The minimum Gasteiger partial charge on any atom is -0.450 e. The van der Waals surface area contributed by atoms with E-state index in [9.17, 15) is 14.5 Å². The fourth-order valence-corrected chi connectivity index (χ4v) is 2.22. The average Bonchev–Trinajstić information content (AvgIpc) is 2.26. The first-order valence-corrected chi connectivity index (χ1v) is 6.62. The fraction of sp³-hybridized carbons (Fsp3) is 0. The van der Waals surface area contributed by atoms with Crippen LogP contribution in [0.25, 0.3) is 0 Å². The largest absolute Gasteiger partial charge is 0.450 e. The highest BCUT2D eigenvalue weighted by molar-refractivity contribution is 9.10. The van der Waals surface area contributed by atoms with Crippen LogP contribution in [0.1, 0.15) is 0 Å². The summed E-state index contributed by atoms with van der Waals surface area (Å²) in [6, 6.07) is 8.24. The molecule has 0 saturated carbocycles. The van der Waals surface area contributed by atoms with Crippen molar-refractivity contribution in [3.8, 4) is 11.5 Å². The molecule has 2 aromatic rings. The molecule has 2 rings (SSSR count). The van der Waals surface area contributed by atoms with Crippen molar-refractivity contribution in [3.05, 3.63) is 61.3 Å². The standard InChI is InChI=1S/C12H6Br2FNO3/c13-7-1-2-11(16(17)18)12(5-7)19-10-4-8(14)3-9(15)6-10/h1-6H. The van der Waals surface area contributed by atoms with Crippen LogP contribution in [0, 0.1) is 15.9 Å². The van der Waals surface area contributed by atoms with Crippen molar-refractivity contribution in [1.29, 1.82) is 0 Å². The Bertz CT molecular complexity index is 629. The molecule has 0 radical (unpaired) electrons. The van der Waals surface area contributed by atoms with E-state index < -0.39 is 10.7 Å². The molecule has 7 heteroatoms. The second kappa shape index (κ2) is 5.66. The van der Waals surface area contributed by atoms with Crippen molar-refractivity contribution in [3.63, 3.8) is 0 Å². The third kappa shape index (κ3) is 3.51. The molecule has 0 aliphatic heterocycles. The second-order valence-corrected chi connectivity index (χ2v) is 5.41. The minimum absolute atomic E-state index is 0.0388. The molecule has 0 amide bonds. The Hall–Kier alpha value is -1.47. The van der Waals surface area contributed by atoms with Crippen LogP contribution in [0.5, 0.6) is 11.5 Å². The van der Waals surface area contributed by atoms with Gasteiger partial charge < -0.3 is 4.74 Å². The van der Waals surface area contributed by atoms with Crippen LogP contribution >= 0.6 is 31.9 Å². The molecular weight excluding hydrogens is 385 g/mol. The number of hydrogen-bond acceptors (Lipinski definition) is 3. The van der Waals surface area contributed by atoms with Crippen LogP contribution in [0.2, 0.25) is 0 Å². The van der Waals surface area contributed by atoms with Crippen LogP contribution in [-0.4, -0.2) is 4.92 Å². The highest BCUT2D eigenvalue weighted by Crippen LogP contribution is 2.34. The monoisotopic (exact) mass is 389 g/mol. The molecule has 98 valence electrons. The number of nitro groups is 1. The van der Waals surface area contributed by atoms with E-state index in [2.05, 4.69) is 31.9 Å². The number of ether oxygens (including phenoxy) is 1. The summed E-state index contributed by atoms with van der Waals surface area (Å²) in [4.78, 5) is 10.3. The molecule has 0 atom stereocenters. The molecule has 0 aliphatic rings. The molecule has 0 bridgehead atoms. The number of hydrogen-bond donors (Lipinski definition) is 0. The molecular formula is C12H6Br2FNO3. The van der Waals surface area contributed by atoms with Crippen molar-refractivity contribution in [2.24, 2.45) is 0 Å². The summed E-state index contributed by atoms with van der Waals surface area (Å²) in [5.74, 6) is -0.285. The molecule has 0 N–H and O–H groups in total. The van der Waals surface area contributed by atoms with Gasteiger partial charge in [0.25, 0.3) is 0 Å². The summed E-state index contributed by atoms with van der Waals surface area (Å²) in [7, 11) is 0. The van der Waals surface area contributed by atoms with Gasteiger partial charge in [0, 0.05) is 27.1 Å². The molecule has 0 saturated heterocycles. The average molecular weight is 391 g/mol. The van der Waals surface area contributed by atoms with Gasteiger partial charge in [-0.15, -0.1) is 0 Å². The van der Waals surface area contributed by atoms with Crippen molar-refractivity contribution in [2.45, 2.75) is 0 Å².